The third-order valence-electron chi connectivity index (χ3n) is 4.60. The van der Waals surface area contributed by atoms with E-state index in [1.165, 1.54) is 37.9 Å². The predicted molar refractivity (Wildman–Crippen MR) is 77.4 cm³/mol. The quantitative estimate of drug-likeness (QED) is 0.884. The average molecular weight is 246 g/mol. The lowest BCUT2D eigenvalue weighted by molar-refractivity contribution is 0.110. The third-order valence-corrected chi connectivity index (χ3v) is 4.60. The van der Waals surface area contributed by atoms with E-state index in [0.717, 1.165) is 6.54 Å². The van der Waals surface area contributed by atoms with E-state index in [-0.39, 0.29) is 6.04 Å². The van der Waals surface area contributed by atoms with E-state index < -0.39 is 0 Å². The zero-order valence-corrected chi connectivity index (χ0v) is 11.7. The summed E-state index contributed by atoms with van der Waals surface area (Å²) in [6.07, 6.45) is 3.92. The van der Waals surface area contributed by atoms with E-state index in [9.17, 15) is 0 Å². The minimum absolute atomic E-state index is 0.150. The van der Waals surface area contributed by atoms with E-state index in [2.05, 4.69) is 43.0 Å². The molecule has 0 aromatic heterocycles. The van der Waals surface area contributed by atoms with Gasteiger partial charge in [0.25, 0.3) is 0 Å². The Balaban J connectivity index is 1.85. The van der Waals surface area contributed by atoms with Crippen molar-refractivity contribution >= 4 is 0 Å². The van der Waals surface area contributed by atoms with Crippen LogP contribution in [-0.4, -0.2) is 24.5 Å². The maximum Gasteiger partial charge on any atom is 0.0424 e. The maximum atomic E-state index is 6.28. The van der Waals surface area contributed by atoms with Crippen LogP contribution in [0.4, 0.5) is 0 Å². The van der Waals surface area contributed by atoms with Gasteiger partial charge in [0.1, 0.15) is 0 Å². The standard InChI is InChI=1S/C16H26N2/c1-3-16(2)9-11-18(12-10-16)13-15(17)14-7-5-4-6-8-14/h4-8,15H,3,9-13,17H2,1-2H3. The predicted octanol–water partition coefficient (Wildman–Crippen LogP) is 3.20. The van der Waals surface area contributed by atoms with Crippen LogP contribution in [0.25, 0.3) is 0 Å². The first-order valence-electron chi connectivity index (χ1n) is 7.16. The summed E-state index contributed by atoms with van der Waals surface area (Å²) < 4.78 is 0. The summed E-state index contributed by atoms with van der Waals surface area (Å²) in [6.45, 7) is 8.12. The van der Waals surface area contributed by atoms with Gasteiger partial charge in [0.15, 0.2) is 0 Å². The summed E-state index contributed by atoms with van der Waals surface area (Å²) in [5.41, 5.74) is 8.10. The molecule has 1 aliphatic heterocycles. The van der Waals surface area contributed by atoms with Crippen LogP contribution in [0, 0.1) is 5.41 Å². The number of rotatable bonds is 4. The molecule has 1 fully saturated rings. The van der Waals surface area contributed by atoms with Gasteiger partial charge in [-0.15, -0.1) is 0 Å². The van der Waals surface area contributed by atoms with Crippen molar-refractivity contribution in [2.75, 3.05) is 19.6 Å². The first kappa shape index (κ1) is 13.6. The molecule has 1 atom stereocenters. The lowest BCUT2D eigenvalue weighted by Gasteiger charge is -2.39. The summed E-state index contributed by atoms with van der Waals surface area (Å²) in [5, 5.41) is 0. The molecule has 1 unspecified atom stereocenters. The molecule has 2 nitrogen and oxygen atoms in total. The van der Waals surface area contributed by atoms with E-state index in [1.54, 1.807) is 0 Å². The molecule has 18 heavy (non-hydrogen) atoms. The van der Waals surface area contributed by atoms with Crippen LogP contribution in [0.15, 0.2) is 30.3 Å². The first-order valence-corrected chi connectivity index (χ1v) is 7.16. The van der Waals surface area contributed by atoms with Crippen LogP contribution in [-0.2, 0) is 0 Å². The van der Waals surface area contributed by atoms with Gasteiger partial charge in [0.2, 0.25) is 0 Å². The number of piperidine rings is 1. The van der Waals surface area contributed by atoms with E-state index >= 15 is 0 Å². The Morgan fingerprint density at radius 2 is 1.83 bits per heavy atom. The highest BCUT2D eigenvalue weighted by Gasteiger charge is 2.28. The molecule has 2 N–H and O–H groups in total. The third kappa shape index (κ3) is 3.33. The van der Waals surface area contributed by atoms with Gasteiger partial charge < -0.3 is 10.6 Å². The Morgan fingerprint density at radius 1 is 1.22 bits per heavy atom. The molecule has 100 valence electrons. The maximum absolute atomic E-state index is 6.28. The molecule has 1 heterocycles. The van der Waals surface area contributed by atoms with Crippen LogP contribution >= 0.6 is 0 Å². The highest BCUT2D eigenvalue weighted by Crippen LogP contribution is 2.34. The number of nitrogens with two attached hydrogens (primary N) is 1. The van der Waals surface area contributed by atoms with Crippen molar-refractivity contribution in [1.82, 2.24) is 4.90 Å². The zero-order chi connectivity index (χ0) is 13.0. The molecule has 0 amide bonds. The molecule has 0 radical (unpaired) electrons. The zero-order valence-electron chi connectivity index (χ0n) is 11.7. The lowest BCUT2D eigenvalue weighted by Crippen LogP contribution is -2.41. The van der Waals surface area contributed by atoms with Crippen molar-refractivity contribution in [1.29, 1.82) is 0 Å². The smallest absolute Gasteiger partial charge is 0.0424 e. The van der Waals surface area contributed by atoms with Gasteiger partial charge in [-0.2, -0.15) is 0 Å². The highest BCUT2D eigenvalue weighted by atomic mass is 15.1. The Bertz CT molecular complexity index is 353. The van der Waals surface area contributed by atoms with Crippen molar-refractivity contribution in [3.05, 3.63) is 35.9 Å². The second-order valence-corrected chi connectivity index (χ2v) is 5.98. The molecule has 0 spiro atoms. The van der Waals surface area contributed by atoms with Gasteiger partial charge in [-0.3, -0.25) is 0 Å². The first-order chi connectivity index (χ1) is 8.63. The van der Waals surface area contributed by atoms with Crippen LogP contribution in [0.2, 0.25) is 0 Å². The summed E-state index contributed by atoms with van der Waals surface area (Å²) in [7, 11) is 0. The second-order valence-electron chi connectivity index (χ2n) is 5.98. The average Bonchev–Trinajstić information content (AvgIpc) is 2.42. The lowest BCUT2D eigenvalue weighted by atomic mass is 9.78. The van der Waals surface area contributed by atoms with Crippen molar-refractivity contribution in [2.45, 2.75) is 39.2 Å². The summed E-state index contributed by atoms with van der Waals surface area (Å²) in [5.74, 6) is 0. The van der Waals surface area contributed by atoms with Crippen LogP contribution in [0.5, 0.6) is 0 Å². The van der Waals surface area contributed by atoms with Gasteiger partial charge in [0.05, 0.1) is 0 Å². The van der Waals surface area contributed by atoms with Gasteiger partial charge in [-0.1, -0.05) is 50.6 Å². The minimum atomic E-state index is 0.150. The number of likely N-dealkylation sites (tertiary alicyclic amines) is 1. The molecule has 0 bridgehead atoms. The monoisotopic (exact) mass is 246 g/mol. The summed E-state index contributed by atoms with van der Waals surface area (Å²) in [4.78, 5) is 2.52. The Morgan fingerprint density at radius 3 is 2.39 bits per heavy atom. The van der Waals surface area contributed by atoms with Crippen molar-refractivity contribution in [3.8, 4) is 0 Å². The molecule has 1 aromatic rings. The van der Waals surface area contributed by atoms with Crippen LogP contribution < -0.4 is 5.73 Å². The molecule has 0 aliphatic carbocycles. The van der Waals surface area contributed by atoms with Gasteiger partial charge in [0, 0.05) is 12.6 Å². The summed E-state index contributed by atoms with van der Waals surface area (Å²) in [6, 6.07) is 10.6. The number of nitrogens with zero attached hydrogens (tertiary/aromatic N) is 1. The molecule has 1 aliphatic rings. The Hall–Kier alpha value is -0.860. The molecule has 2 heteroatoms. The minimum Gasteiger partial charge on any atom is -0.323 e. The number of hydrogen-bond donors (Lipinski definition) is 1. The molecule has 1 saturated heterocycles. The number of benzene rings is 1. The highest BCUT2D eigenvalue weighted by molar-refractivity contribution is 5.18. The normalized spacial score (nSPS) is 21.7. The van der Waals surface area contributed by atoms with Crippen LogP contribution in [0.1, 0.15) is 44.7 Å². The fourth-order valence-electron chi connectivity index (χ4n) is 2.71. The van der Waals surface area contributed by atoms with E-state index in [1.807, 2.05) is 6.07 Å². The largest absolute Gasteiger partial charge is 0.323 e. The van der Waals surface area contributed by atoms with E-state index in [4.69, 9.17) is 5.73 Å². The van der Waals surface area contributed by atoms with Gasteiger partial charge in [-0.05, 0) is 36.9 Å². The fourth-order valence-corrected chi connectivity index (χ4v) is 2.71. The van der Waals surface area contributed by atoms with Crippen molar-refractivity contribution in [3.63, 3.8) is 0 Å². The molecular formula is C16H26N2. The molecule has 0 saturated carbocycles. The molecular weight excluding hydrogens is 220 g/mol. The SMILES string of the molecule is CCC1(C)CCN(CC(N)c2ccccc2)CC1. The Kier molecular flexibility index (Phi) is 4.41. The Labute approximate surface area is 111 Å². The van der Waals surface area contributed by atoms with Crippen molar-refractivity contribution in [2.24, 2.45) is 11.1 Å². The van der Waals surface area contributed by atoms with Gasteiger partial charge >= 0.3 is 0 Å². The second kappa shape index (κ2) is 5.85. The van der Waals surface area contributed by atoms with Crippen LogP contribution in [0.3, 0.4) is 0 Å². The topological polar surface area (TPSA) is 29.3 Å². The van der Waals surface area contributed by atoms with E-state index in [0.29, 0.717) is 5.41 Å². The van der Waals surface area contributed by atoms with Gasteiger partial charge in [-0.25, -0.2) is 0 Å². The van der Waals surface area contributed by atoms with Crippen molar-refractivity contribution < 1.29 is 0 Å². The summed E-state index contributed by atoms with van der Waals surface area (Å²) >= 11 is 0. The molecule has 1 aromatic carbocycles. The molecule has 2 rings (SSSR count). The fraction of sp³-hybridized carbons (Fsp3) is 0.625. The number of hydrogen-bond acceptors (Lipinski definition) is 2.